The van der Waals surface area contributed by atoms with Crippen molar-refractivity contribution in [3.05, 3.63) is 76.6 Å². The topological polar surface area (TPSA) is 36.4 Å². The second-order valence-corrected chi connectivity index (χ2v) is 8.19. The number of rotatable bonds is 7. The monoisotopic (exact) mass is 421 g/mol. The highest BCUT2D eigenvalue weighted by Crippen LogP contribution is 2.20. The normalized spacial score (nSPS) is 16.5. The summed E-state index contributed by atoms with van der Waals surface area (Å²) in [5.74, 6) is 0.915. The van der Waals surface area contributed by atoms with E-state index in [2.05, 4.69) is 72.2 Å². The van der Waals surface area contributed by atoms with E-state index >= 15 is 0 Å². The van der Waals surface area contributed by atoms with Crippen molar-refractivity contribution in [3.63, 3.8) is 0 Å². The van der Waals surface area contributed by atoms with Gasteiger partial charge < -0.3 is 9.64 Å². The molecule has 1 unspecified atom stereocenters. The summed E-state index contributed by atoms with van der Waals surface area (Å²) in [7, 11) is 1.72. The Morgan fingerprint density at radius 1 is 1.10 bits per heavy atom. The molecule has 30 heavy (non-hydrogen) atoms. The van der Waals surface area contributed by atoms with Crippen LogP contribution >= 0.6 is 12.2 Å². The second kappa shape index (κ2) is 9.51. The number of hydrogen-bond donors (Lipinski definition) is 1. The first-order valence-corrected chi connectivity index (χ1v) is 10.9. The predicted molar refractivity (Wildman–Crippen MR) is 123 cm³/mol. The summed E-state index contributed by atoms with van der Waals surface area (Å²) in [5, 5.41) is 4.92. The van der Waals surface area contributed by atoms with Crippen molar-refractivity contribution in [2.45, 2.75) is 26.6 Å². The van der Waals surface area contributed by atoms with E-state index in [0.717, 1.165) is 42.3 Å². The van der Waals surface area contributed by atoms with Crippen LogP contribution in [0.1, 0.15) is 17.5 Å². The molecule has 1 aliphatic heterocycles. The van der Waals surface area contributed by atoms with E-state index < -0.39 is 0 Å². The molecule has 0 radical (unpaired) electrons. The van der Waals surface area contributed by atoms with Crippen LogP contribution in [0.5, 0.6) is 0 Å². The molecular weight excluding hydrogens is 392 g/mol. The fourth-order valence-electron chi connectivity index (χ4n) is 3.98. The first kappa shape index (κ1) is 20.7. The maximum atomic E-state index is 5.81. The molecule has 156 valence electrons. The standard InChI is InChI=1S/C24H28N4OS/c1-19-7-6-10-22(17-19)23-25-28(24(30)27(23)15-16-29-2)18-26-13-11-21(12-14-26)20-8-4-3-5-9-20/h3-11,17H,12-16,18H2,1-2H3/p+1. The lowest BCUT2D eigenvalue weighted by Crippen LogP contribution is -3.11. The number of aromatic nitrogens is 3. The van der Waals surface area contributed by atoms with Crippen LogP contribution in [0.25, 0.3) is 17.0 Å². The summed E-state index contributed by atoms with van der Waals surface area (Å²) in [5.41, 5.74) is 5.08. The number of ether oxygens (including phenoxy) is 1. The van der Waals surface area contributed by atoms with Crippen LogP contribution in [0.3, 0.4) is 0 Å². The van der Waals surface area contributed by atoms with Crippen LogP contribution in [-0.4, -0.2) is 41.2 Å². The zero-order valence-electron chi connectivity index (χ0n) is 17.7. The van der Waals surface area contributed by atoms with Gasteiger partial charge in [-0.1, -0.05) is 54.1 Å². The molecule has 0 saturated heterocycles. The van der Waals surface area contributed by atoms with E-state index in [1.807, 2.05) is 4.68 Å². The molecule has 4 rings (SSSR count). The molecule has 0 amide bonds. The van der Waals surface area contributed by atoms with Gasteiger partial charge in [-0.25, -0.2) is 0 Å². The quantitative estimate of drug-likeness (QED) is 0.595. The molecule has 3 aromatic rings. The lowest BCUT2D eigenvalue weighted by molar-refractivity contribution is -0.918. The van der Waals surface area contributed by atoms with E-state index in [1.54, 1.807) is 7.11 Å². The minimum Gasteiger partial charge on any atom is -0.383 e. The van der Waals surface area contributed by atoms with Crippen LogP contribution in [0.2, 0.25) is 0 Å². The Labute approximate surface area is 183 Å². The number of nitrogens with zero attached hydrogens (tertiary/aromatic N) is 3. The Morgan fingerprint density at radius 2 is 1.90 bits per heavy atom. The van der Waals surface area contributed by atoms with Gasteiger partial charge in [0, 0.05) is 19.1 Å². The number of benzene rings is 2. The summed E-state index contributed by atoms with van der Waals surface area (Å²) in [6.07, 6.45) is 3.43. The predicted octanol–water partition coefficient (Wildman–Crippen LogP) is 3.37. The number of quaternary nitrogens is 1. The smallest absolute Gasteiger partial charge is 0.203 e. The van der Waals surface area contributed by atoms with Gasteiger partial charge in [-0.15, -0.1) is 5.10 Å². The second-order valence-electron chi connectivity index (χ2n) is 7.83. The highest BCUT2D eigenvalue weighted by Gasteiger charge is 2.19. The maximum Gasteiger partial charge on any atom is 0.203 e. The lowest BCUT2D eigenvalue weighted by Gasteiger charge is -2.23. The fraction of sp³-hybridized carbons (Fsp3) is 0.333. The van der Waals surface area contributed by atoms with E-state index in [0.29, 0.717) is 13.2 Å². The molecule has 1 N–H and O–H groups in total. The zero-order valence-corrected chi connectivity index (χ0v) is 18.5. The molecule has 1 aromatic heterocycles. The van der Waals surface area contributed by atoms with Gasteiger partial charge in [0.15, 0.2) is 12.5 Å². The van der Waals surface area contributed by atoms with Crippen LogP contribution in [0, 0.1) is 11.7 Å². The number of methoxy groups -OCH3 is 1. The molecule has 0 spiro atoms. The van der Waals surface area contributed by atoms with Gasteiger partial charge in [-0.3, -0.25) is 4.57 Å². The third-order valence-electron chi connectivity index (χ3n) is 5.62. The molecule has 2 aromatic carbocycles. The first-order valence-electron chi connectivity index (χ1n) is 10.5. The molecule has 0 aliphatic carbocycles. The number of aryl methyl sites for hydroxylation is 1. The van der Waals surface area contributed by atoms with E-state index in [9.17, 15) is 0 Å². The molecule has 0 bridgehead atoms. The fourth-order valence-corrected chi connectivity index (χ4v) is 4.26. The van der Waals surface area contributed by atoms with Gasteiger partial charge >= 0.3 is 0 Å². The van der Waals surface area contributed by atoms with Crippen LogP contribution in [0.4, 0.5) is 0 Å². The molecule has 0 fully saturated rings. The van der Waals surface area contributed by atoms with Gasteiger partial charge in [-0.2, -0.15) is 4.68 Å². The van der Waals surface area contributed by atoms with Crippen LogP contribution in [0.15, 0.2) is 60.7 Å². The minimum atomic E-state index is 0.610. The van der Waals surface area contributed by atoms with Crippen molar-refractivity contribution in [2.75, 3.05) is 26.8 Å². The summed E-state index contributed by atoms with van der Waals surface area (Å²) >= 11 is 5.81. The van der Waals surface area contributed by atoms with E-state index in [-0.39, 0.29) is 0 Å². The van der Waals surface area contributed by atoms with Crippen molar-refractivity contribution < 1.29 is 9.64 Å². The van der Waals surface area contributed by atoms with Crippen molar-refractivity contribution in [2.24, 2.45) is 0 Å². The minimum absolute atomic E-state index is 0.610. The zero-order chi connectivity index (χ0) is 20.9. The van der Waals surface area contributed by atoms with Crippen LogP contribution < -0.4 is 4.90 Å². The Bertz CT molecular complexity index is 1080. The molecule has 2 heterocycles. The SMILES string of the molecule is COCCn1c(-c2cccc(C)c2)nn(C[NH+]2CC=C(c3ccccc3)CC2)c1=S. The van der Waals surface area contributed by atoms with E-state index in [1.165, 1.54) is 21.6 Å². The van der Waals surface area contributed by atoms with Crippen molar-refractivity contribution >= 4 is 17.8 Å². The Kier molecular flexibility index (Phi) is 6.57. The third-order valence-corrected chi connectivity index (χ3v) is 6.05. The number of hydrogen-bond acceptors (Lipinski definition) is 3. The molecule has 6 heteroatoms. The average Bonchev–Trinajstić information content (AvgIpc) is 3.08. The molecule has 1 atom stereocenters. The van der Waals surface area contributed by atoms with Crippen LogP contribution in [-0.2, 0) is 18.0 Å². The van der Waals surface area contributed by atoms with Gasteiger partial charge in [0.1, 0.15) is 0 Å². The third kappa shape index (κ3) is 4.61. The van der Waals surface area contributed by atoms with Gasteiger partial charge in [0.2, 0.25) is 4.77 Å². The summed E-state index contributed by atoms with van der Waals surface area (Å²) in [6, 6.07) is 19.1. The highest BCUT2D eigenvalue weighted by atomic mass is 32.1. The molecule has 1 aliphatic rings. The van der Waals surface area contributed by atoms with E-state index in [4.69, 9.17) is 22.1 Å². The Balaban J connectivity index is 1.56. The summed E-state index contributed by atoms with van der Waals surface area (Å²) in [6.45, 7) is 6.24. The average molecular weight is 422 g/mol. The summed E-state index contributed by atoms with van der Waals surface area (Å²) in [4.78, 5) is 1.47. The molecule has 0 saturated carbocycles. The molecular formula is C24H29N4OS+. The first-order chi connectivity index (χ1) is 14.7. The Hall–Kier alpha value is -2.54. The van der Waals surface area contributed by atoms with Crippen molar-refractivity contribution in [3.8, 4) is 11.4 Å². The highest BCUT2D eigenvalue weighted by molar-refractivity contribution is 7.71. The maximum absolute atomic E-state index is 5.81. The van der Waals surface area contributed by atoms with Gasteiger partial charge in [-0.05, 0) is 42.4 Å². The van der Waals surface area contributed by atoms with Gasteiger partial charge in [0.05, 0.1) is 26.2 Å². The largest absolute Gasteiger partial charge is 0.383 e. The van der Waals surface area contributed by atoms with Crippen molar-refractivity contribution in [1.82, 2.24) is 14.3 Å². The number of nitrogens with one attached hydrogen (secondary N) is 1. The summed E-state index contributed by atoms with van der Waals surface area (Å²) < 4.78 is 10.2. The van der Waals surface area contributed by atoms with Crippen molar-refractivity contribution in [1.29, 1.82) is 0 Å². The molecule has 5 nitrogen and oxygen atoms in total. The van der Waals surface area contributed by atoms with Gasteiger partial charge in [0.25, 0.3) is 0 Å². The Morgan fingerprint density at radius 3 is 2.60 bits per heavy atom. The lowest BCUT2D eigenvalue weighted by atomic mass is 10.00.